The number of nitrogens with zero attached hydrogens (tertiary/aromatic N) is 1. The highest BCUT2D eigenvalue weighted by Gasteiger charge is 2.05. The first-order valence-electron chi connectivity index (χ1n) is 9.18. The van der Waals surface area contributed by atoms with Gasteiger partial charge in [-0.2, -0.15) is 0 Å². The average Bonchev–Trinajstić information content (AvgIpc) is 2.69. The van der Waals surface area contributed by atoms with E-state index in [1.807, 2.05) is 12.1 Å². The van der Waals surface area contributed by atoms with E-state index in [4.69, 9.17) is 4.74 Å². The Morgan fingerprint density at radius 1 is 0.963 bits per heavy atom. The van der Waals surface area contributed by atoms with E-state index >= 15 is 0 Å². The third kappa shape index (κ3) is 5.99. The molecular weight excluding hydrogens is 340 g/mol. The van der Waals surface area contributed by atoms with E-state index in [0.29, 0.717) is 17.9 Å². The van der Waals surface area contributed by atoms with Crippen LogP contribution in [-0.2, 0) is 4.74 Å². The van der Waals surface area contributed by atoms with Gasteiger partial charge >= 0.3 is 6.09 Å². The number of nitrogens with one attached hydrogen (secondary N) is 1. The molecule has 2 aromatic carbocycles. The fourth-order valence-corrected chi connectivity index (χ4v) is 2.66. The summed E-state index contributed by atoms with van der Waals surface area (Å²) in [6.45, 7) is 8.23. The quantitative estimate of drug-likeness (QED) is 0.528. The molecule has 142 valence electrons. The smallest absolute Gasteiger partial charge is 0.411 e. The van der Waals surface area contributed by atoms with E-state index in [9.17, 15) is 9.59 Å². The van der Waals surface area contributed by atoms with Gasteiger partial charge in [0.05, 0.1) is 6.61 Å². The number of carbonyl (C=O) groups is 2. The van der Waals surface area contributed by atoms with Crippen LogP contribution in [0.4, 0.5) is 16.2 Å². The van der Waals surface area contributed by atoms with Crippen LogP contribution in [0, 0.1) is 0 Å². The van der Waals surface area contributed by atoms with Gasteiger partial charge < -0.3 is 9.64 Å². The van der Waals surface area contributed by atoms with Crippen molar-refractivity contribution in [3.63, 3.8) is 0 Å². The van der Waals surface area contributed by atoms with Crippen molar-refractivity contribution in [3.05, 3.63) is 65.7 Å². The van der Waals surface area contributed by atoms with E-state index in [1.54, 1.807) is 43.3 Å². The van der Waals surface area contributed by atoms with Crippen molar-refractivity contribution in [1.82, 2.24) is 0 Å². The summed E-state index contributed by atoms with van der Waals surface area (Å²) in [7, 11) is 0. The van der Waals surface area contributed by atoms with Crippen molar-refractivity contribution >= 4 is 29.3 Å². The molecule has 5 heteroatoms. The summed E-state index contributed by atoms with van der Waals surface area (Å²) >= 11 is 0. The van der Waals surface area contributed by atoms with Gasteiger partial charge in [-0.1, -0.05) is 18.2 Å². The summed E-state index contributed by atoms with van der Waals surface area (Å²) in [5.74, 6) is -0.0921. The molecule has 27 heavy (non-hydrogen) atoms. The molecule has 0 atom stereocenters. The van der Waals surface area contributed by atoms with Crippen LogP contribution in [0.3, 0.4) is 0 Å². The lowest BCUT2D eigenvalue weighted by atomic mass is 10.1. The molecule has 0 saturated carbocycles. The zero-order valence-electron chi connectivity index (χ0n) is 16.1. The average molecular weight is 366 g/mol. The van der Waals surface area contributed by atoms with Gasteiger partial charge in [0.1, 0.15) is 0 Å². The van der Waals surface area contributed by atoms with Crippen molar-refractivity contribution < 1.29 is 14.3 Å². The summed E-state index contributed by atoms with van der Waals surface area (Å²) in [6, 6.07) is 14.8. The van der Waals surface area contributed by atoms with Gasteiger partial charge in [0.15, 0.2) is 5.78 Å². The zero-order chi connectivity index (χ0) is 19.6. The molecule has 1 N–H and O–H groups in total. The van der Waals surface area contributed by atoms with Crippen molar-refractivity contribution in [2.45, 2.75) is 20.8 Å². The lowest BCUT2D eigenvalue weighted by Crippen LogP contribution is -2.21. The number of anilines is 2. The summed E-state index contributed by atoms with van der Waals surface area (Å²) in [4.78, 5) is 26.0. The molecule has 0 bridgehead atoms. The number of rotatable bonds is 8. The Bertz CT molecular complexity index is 776. The number of carbonyl (C=O) groups excluding carboxylic acids is 2. The molecule has 0 aliphatic carbocycles. The Hall–Kier alpha value is -3.08. The maximum absolute atomic E-state index is 12.3. The van der Waals surface area contributed by atoms with E-state index < -0.39 is 6.09 Å². The maximum Gasteiger partial charge on any atom is 0.411 e. The SMILES string of the molecule is CCOC(=O)Nc1ccc(C(=O)C=Cc2ccc(N(CC)CC)cc2)cc1. The summed E-state index contributed by atoms with van der Waals surface area (Å²) in [5, 5.41) is 2.60. The Labute approximate surface area is 160 Å². The van der Waals surface area contributed by atoms with Crippen LogP contribution >= 0.6 is 0 Å². The molecule has 5 nitrogen and oxygen atoms in total. The molecule has 0 aromatic heterocycles. The minimum Gasteiger partial charge on any atom is -0.450 e. The van der Waals surface area contributed by atoms with Crippen LogP contribution < -0.4 is 10.2 Å². The molecule has 2 aromatic rings. The highest BCUT2D eigenvalue weighted by molar-refractivity contribution is 6.07. The Balaban J connectivity index is 1.98. The summed E-state index contributed by atoms with van der Waals surface area (Å²) in [6.07, 6.45) is 2.85. The van der Waals surface area contributed by atoms with Crippen molar-refractivity contribution in [3.8, 4) is 0 Å². The number of hydrogen-bond acceptors (Lipinski definition) is 4. The fourth-order valence-electron chi connectivity index (χ4n) is 2.66. The van der Waals surface area contributed by atoms with Crippen LogP contribution in [0.5, 0.6) is 0 Å². The lowest BCUT2D eigenvalue weighted by molar-refractivity contribution is 0.104. The number of ketones is 1. The summed E-state index contributed by atoms with van der Waals surface area (Å²) in [5.41, 5.74) is 3.29. The second kappa shape index (κ2) is 10.2. The van der Waals surface area contributed by atoms with E-state index in [-0.39, 0.29) is 5.78 Å². The predicted molar refractivity (Wildman–Crippen MR) is 110 cm³/mol. The van der Waals surface area contributed by atoms with Gasteiger partial charge in [-0.15, -0.1) is 0 Å². The van der Waals surface area contributed by atoms with Crippen LogP contribution in [0.2, 0.25) is 0 Å². The predicted octanol–water partition coefficient (Wildman–Crippen LogP) is 5.00. The Kier molecular flexibility index (Phi) is 7.62. The van der Waals surface area contributed by atoms with Crippen molar-refractivity contribution in [2.75, 3.05) is 29.9 Å². The molecule has 0 aliphatic heterocycles. The minimum absolute atomic E-state index is 0.0921. The molecule has 1 amide bonds. The lowest BCUT2D eigenvalue weighted by Gasteiger charge is -2.20. The van der Waals surface area contributed by atoms with Gasteiger partial charge in [0, 0.05) is 30.0 Å². The molecular formula is C22H26N2O3. The topological polar surface area (TPSA) is 58.6 Å². The molecule has 0 unspecified atom stereocenters. The zero-order valence-corrected chi connectivity index (χ0v) is 16.1. The van der Waals surface area contributed by atoms with Gasteiger partial charge in [-0.25, -0.2) is 4.79 Å². The molecule has 0 saturated heterocycles. The molecule has 2 rings (SSSR count). The molecule has 0 fully saturated rings. The maximum atomic E-state index is 12.3. The molecule has 0 heterocycles. The minimum atomic E-state index is -0.510. The van der Waals surface area contributed by atoms with E-state index in [2.05, 4.69) is 36.2 Å². The number of ether oxygens (including phenoxy) is 1. The Morgan fingerprint density at radius 2 is 1.59 bits per heavy atom. The summed E-state index contributed by atoms with van der Waals surface area (Å²) < 4.78 is 4.82. The van der Waals surface area contributed by atoms with E-state index in [1.165, 1.54) is 5.69 Å². The van der Waals surface area contributed by atoms with Gasteiger partial charge in [0.25, 0.3) is 0 Å². The van der Waals surface area contributed by atoms with Crippen LogP contribution in [0.25, 0.3) is 6.08 Å². The Morgan fingerprint density at radius 3 is 2.15 bits per heavy atom. The number of benzene rings is 2. The van der Waals surface area contributed by atoms with Crippen LogP contribution in [0.1, 0.15) is 36.7 Å². The number of hydrogen-bond donors (Lipinski definition) is 1. The largest absolute Gasteiger partial charge is 0.450 e. The highest BCUT2D eigenvalue weighted by atomic mass is 16.5. The van der Waals surface area contributed by atoms with Crippen LogP contribution in [0.15, 0.2) is 54.6 Å². The van der Waals surface area contributed by atoms with E-state index in [0.717, 1.165) is 18.7 Å². The number of amides is 1. The fraction of sp³-hybridized carbons (Fsp3) is 0.273. The molecule has 0 radical (unpaired) electrons. The van der Waals surface area contributed by atoms with Crippen molar-refractivity contribution in [1.29, 1.82) is 0 Å². The first-order chi connectivity index (χ1) is 13.1. The third-order valence-electron chi connectivity index (χ3n) is 4.14. The van der Waals surface area contributed by atoms with Gasteiger partial charge in [-0.3, -0.25) is 10.1 Å². The first kappa shape index (κ1) is 20.2. The van der Waals surface area contributed by atoms with Gasteiger partial charge in [0.2, 0.25) is 0 Å². The molecule has 0 aliphatic rings. The second-order valence-electron chi connectivity index (χ2n) is 5.88. The van der Waals surface area contributed by atoms with Gasteiger partial charge in [-0.05, 0) is 68.8 Å². The number of allylic oxidation sites excluding steroid dienone is 1. The second-order valence-corrected chi connectivity index (χ2v) is 5.88. The highest BCUT2D eigenvalue weighted by Crippen LogP contribution is 2.16. The monoisotopic (exact) mass is 366 g/mol. The molecule has 0 spiro atoms. The van der Waals surface area contributed by atoms with Crippen LogP contribution in [-0.4, -0.2) is 31.6 Å². The van der Waals surface area contributed by atoms with Crippen molar-refractivity contribution in [2.24, 2.45) is 0 Å². The standard InChI is InChI=1S/C22H26N2O3/c1-4-24(5-2)20-14-7-17(8-15-20)9-16-21(25)18-10-12-19(13-11-18)23-22(26)27-6-3/h7-16H,4-6H2,1-3H3,(H,23,26). The first-order valence-corrected chi connectivity index (χ1v) is 9.18. The normalized spacial score (nSPS) is 10.6. The third-order valence-corrected chi connectivity index (χ3v) is 4.14.